The Morgan fingerprint density at radius 1 is 1.33 bits per heavy atom. The molecule has 1 heterocycles. The first kappa shape index (κ1) is 13.0. The van der Waals surface area contributed by atoms with E-state index in [2.05, 4.69) is 51.8 Å². The molecule has 1 N–H and O–H groups in total. The Bertz CT molecular complexity index is 203. The lowest BCUT2D eigenvalue weighted by atomic mass is 10.0. The highest BCUT2D eigenvalue weighted by atomic mass is 15.2. The minimum absolute atomic E-state index is 0.234. The normalized spacial score (nSPS) is 24.4. The van der Waals surface area contributed by atoms with Gasteiger partial charge in [-0.25, -0.2) is 0 Å². The lowest BCUT2D eigenvalue weighted by Crippen LogP contribution is -2.51. The van der Waals surface area contributed by atoms with Gasteiger partial charge in [-0.15, -0.1) is 0 Å². The fraction of sp³-hybridized carbons (Fsp3) is 1.00. The van der Waals surface area contributed by atoms with Crippen LogP contribution in [0, 0.1) is 0 Å². The third-order valence-corrected chi connectivity index (χ3v) is 3.42. The van der Waals surface area contributed by atoms with Crippen LogP contribution in [-0.4, -0.2) is 35.1 Å². The van der Waals surface area contributed by atoms with E-state index in [1.54, 1.807) is 0 Å². The van der Waals surface area contributed by atoms with Crippen molar-refractivity contribution in [2.45, 2.75) is 71.5 Å². The molecule has 2 nitrogen and oxygen atoms in total. The highest BCUT2D eigenvalue weighted by Gasteiger charge is 2.34. The number of hydrogen-bond acceptors (Lipinski definition) is 2. The molecule has 1 aliphatic heterocycles. The molecule has 1 saturated heterocycles. The van der Waals surface area contributed by atoms with Crippen LogP contribution in [-0.2, 0) is 0 Å². The summed E-state index contributed by atoms with van der Waals surface area (Å²) in [5.74, 6) is 0. The fourth-order valence-corrected chi connectivity index (χ4v) is 2.51. The van der Waals surface area contributed by atoms with E-state index in [-0.39, 0.29) is 5.54 Å². The van der Waals surface area contributed by atoms with E-state index in [1.165, 1.54) is 19.4 Å². The van der Waals surface area contributed by atoms with Gasteiger partial charge in [0.25, 0.3) is 0 Å². The first-order valence-corrected chi connectivity index (χ1v) is 6.24. The summed E-state index contributed by atoms with van der Waals surface area (Å²) in [5.41, 5.74) is 0.636. The van der Waals surface area contributed by atoms with Crippen LogP contribution in [0.15, 0.2) is 0 Å². The Kier molecular flexibility index (Phi) is 3.83. The Hall–Kier alpha value is -0.0800. The number of nitrogens with one attached hydrogen (secondary N) is 1. The molecule has 0 bridgehead atoms. The second-order valence-electron chi connectivity index (χ2n) is 6.59. The number of likely N-dealkylation sites (tertiary alicyclic amines) is 1. The van der Waals surface area contributed by atoms with Gasteiger partial charge in [0.1, 0.15) is 0 Å². The van der Waals surface area contributed by atoms with Gasteiger partial charge in [0.05, 0.1) is 0 Å². The molecule has 0 aromatic heterocycles. The first-order valence-electron chi connectivity index (χ1n) is 6.24. The van der Waals surface area contributed by atoms with Crippen LogP contribution < -0.4 is 5.32 Å². The third-order valence-electron chi connectivity index (χ3n) is 3.42. The molecule has 1 atom stereocenters. The standard InChI is InChI=1S/C13H28N2/c1-11(10-14-12(2,3)4)15-9-7-8-13(15,5)6/h11,14H,7-10H2,1-6H3. The van der Waals surface area contributed by atoms with E-state index in [4.69, 9.17) is 0 Å². The fourth-order valence-electron chi connectivity index (χ4n) is 2.51. The van der Waals surface area contributed by atoms with Crippen LogP contribution in [0.25, 0.3) is 0 Å². The maximum atomic E-state index is 3.59. The largest absolute Gasteiger partial charge is 0.311 e. The molecule has 1 aliphatic rings. The molecule has 0 spiro atoms. The topological polar surface area (TPSA) is 15.3 Å². The summed E-state index contributed by atoms with van der Waals surface area (Å²) in [4.78, 5) is 2.64. The lowest BCUT2D eigenvalue weighted by molar-refractivity contribution is 0.119. The van der Waals surface area contributed by atoms with E-state index in [0.29, 0.717) is 11.6 Å². The van der Waals surface area contributed by atoms with Gasteiger partial charge >= 0.3 is 0 Å². The van der Waals surface area contributed by atoms with Crippen molar-refractivity contribution in [3.8, 4) is 0 Å². The Labute approximate surface area is 95.4 Å². The smallest absolute Gasteiger partial charge is 0.0197 e. The van der Waals surface area contributed by atoms with Gasteiger partial charge < -0.3 is 5.32 Å². The predicted molar refractivity (Wildman–Crippen MR) is 67.2 cm³/mol. The SMILES string of the molecule is CC(CNC(C)(C)C)N1CCCC1(C)C. The van der Waals surface area contributed by atoms with Crippen molar-refractivity contribution in [2.24, 2.45) is 0 Å². The van der Waals surface area contributed by atoms with Gasteiger partial charge in [-0.2, -0.15) is 0 Å². The monoisotopic (exact) mass is 212 g/mol. The maximum Gasteiger partial charge on any atom is 0.0197 e. The summed E-state index contributed by atoms with van der Waals surface area (Å²) in [7, 11) is 0. The van der Waals surface area contributed by atoms with Gasteiger partial charge in [0.2, 0.25) is 0 Å². The van der Waals surface area contributed by atoms with Crippen LogP contribution in [0.4, 0.5) is 0 Å². The summed E-state index contributed by atoms with van der Waals surface area (Å²) < 4.78 is 0. The molecule has 15 heavy (non-hydrogen) atoms. The van der Waals surface area contributed by atoms with Crippen molar-refractivity contribution >= 4 is 0 Å². The van der Waals surface area contributed by atoms with Gasteiger partial charge in [0, 0.05) is 23.7 Å². The van der Waals surface area contributed by atoms with E-state index >= 15 is 0 Å². The van der Waals surface area contributed by atoms with Gasteiger partial charge in [-0.3, -0.25) is 4.90 Å². The zero-order valence-corrected chi connectivity index (χ0v) is 11.4. The van der Waals surface area contributed by atoms with Gasteiger partial charge in [-0.1, -0.05) is 0 Å². The molecule has 2 heteroatoms. The minimum atomic E-state index is 0.234. The molecule has 1 rings (SSSR count). The summed E-state index contributed by atoms with van der Waals surface area (Å²) >= 11 is 0. The molecule has 90 valence electrons. The van der Waals surface area contributed by atoms with E-state index < -0.39 is 0 Å². The predicted octanol–water partition coefficient (Wildman–Crippen LogP) is 2.64. The summed E-state index contributed by atoms with van der Waals surface area (Å²) in [6, 6.07) is 0.640. The zero-order valence-electron chi connectivity index (χ0n) is 11.4. The molecule has 0 aliphatic carbocycles. The highest BCUT2D eigenvalue weighted by Crippen LogP contribution is 2.29. The van der Waals surface area contributed by atoms with Crippen LogP contribution in [0.3, 0.4) is 0 Å². The van der Waals surface area contributed by atoms with E-state index in [1.807, 2.05) is 0 Å². The number of hydrogen-bond donors (Lipinski definition) is 1. The lowest BCUT2D eigenvalue weighted by Gasteiger charge is -2.38. The molecular weight excluding hydrogens is 184 g/mol. The second-order valence-corrected chi connectivity index (χ2v) is 6.59. The van der Waals surface area contributed by atoms with Crippen LogP contribution in [0.2, 0.25) is 0 Å². The Morgan fingerprint density at radius 3 is 2.33 bits per heavy atom. The summed E-state index contributed by atoms with van der Waals surface area (Å²) in [6.07, 6.45) is 2.69. The zero-order chi connectivity index (χ0) is 11.7. The van der Waals surface area contributed by atoms with Crippen molar-refractivity contribution in [3.63, 3.8) is 0 Å². The average Bonchev–Trinajstić information content (AvgIpc) is 2.40. The molecule has 0 aromatic rings. The molecule has 0 saturated carbocycles. The van der Waals surface area contributed by atoms with Crippen molar-refractivity contribution < 1.29 is 0 Å². The van der Waals surface area contributed by atoms with Crippen LogP contribution >= 0.6 is 0 Å². The first-order chi connectivity index (χ1) is 6.72. The van der Waals surface area contributed by atoms with Crippen molar-refractivity contribution in [3.05, 3.63) is 0 Å². The molecule has 1 unspecified atom stereocenters. The average molecular weight is 212 g/mol. The Morgan fingerprint density at radius 2 is 1.93 bits per heavy atom. The quantitative estimate of drug-likeness (QED) is 0.773. The van der Waals surface area contributed by atoms with E-state index in [0.717, 1.165) is 6.54 Å². The second kappa shape index (κ2) is 4.42. The molecule has 0 amide bonds. The van der Waals surface area contributed by atoms with Crippen molar-refractivity contribution in [1.82, 2.24) is 10.2 Å². The number of nitrogens with zero attached hydrogens (tertiary/aromatic N) is 1. The Balaban J connectivity index is 2.43. The van der Waals surface area contributed by atoms with Crippen molar-refractivity contribution in [2.75, 3.05) is 13.1 Å². The third kappa shape index (κ3) is 3.76. The molecular formula is C13H28N2. The molecule has 0 radical (unpaired) electrons. The summed E-state index contributed by atoms with van der Waals surface area (Å²) in [6.45, 7) is 16.1. The van der Waals surface area contributed by atoms with Crippen molar-refractivity contribution in [1.29, 1.82) is 0 Å². The number of rotatable bonds is 3. The van der Waals surface area contributed by atoms with Crippen LogP contribution in [0.1, 0.15) is 54.4 Å². The summed E-state index contributed by atoms with van der Waals surface area (Å²) in [5, 5.41) is 3.59. The van der Waals surface area contributed by atoms with E-state index in [9.17, 15) is 0 Å². The highest BCUT2D eigenvalue weighted by molar-refractivity contribution is 4.91. The van der Waals surface area contributed by atoms with Gasteiger partial charge in [-0.05, 0) is 60.9 Å². The van der Waals surface area contributed by atoms with Crippen LogP contribution in [0.5, 0.6) is 0 Å². The molecule has 1 fully saturated rings. The minimum Gasteiger partial charge on any atom is -0.311 e. The van der Waals surface area contributed by atoms with Gasteiger partial charge in [0.15, 0.2) is 0 Å². The molecule has 0 aromatic carbocycles. The maximum absolute atomic E-state index is 3.59.